The molecule has 0 atom stereocenters. The summed E-state index contributed by atoms with van der Waals surface area (Å²) in [5, 5.41) is 4.86. The first-order valence-electron chi connectivity index (χ1n) is 8.62. The molecule has 0 aliphatic rings. The number of carbonyl (C=O) groups excluding carboxylic acids is 2. The van der Waals surface area contributed by atoms with E-state index in [0.29, 0.717) is 5.69 Å². The number of hydrogen-bond acceptors (Lipinski definition) is 5. The first kappa shape index (κ1) is 22.3. The number of benzene rings is 2. The van der Waals surface area contributed by atoms with Crippen LogP contribution >= 0.6 is 0 Å². The minimum atomic E-state index is -3.94. The van der Waals surface area contributed by atoms with Gasteiger partial charge in [0.1, 0.15) is 16.5 Å². The van der Waals surface area contributed by atoms with Gasteiger partial charge in [0, 0.05) is 24.2 Å². The first-order chi connectivity index (χ1) is 13.5. The Bertz CT molecular complexity index is 1040. The summed E-state index contributed by atoms with van der Waals surface area (Å²) < 4.78 is 46.6. The third-order valence-electron chi connectivity index (χ3n) is 3.64. The lowest BCUT2D eigenvalue weighted by Crippen LogP contribution is -2.30. The van der Waals surface area contributed by atoms with Crippen molar-refractivity contribution < 1.29 is 27.1 Å². The molecule has 0 aromatic heterocycles. The molecule has 2 aromatic rings. The lowest BCUT2D eigenvalue weighted by atomic mass is 10.2. The topological polar surface area (TPSA) is 114 Å². The maximum Gasteiger partial charge on any atom is 0.255 e. The second-order valence-electron chi connectivity index (χ2n) is 6.47. The fourth-order valence-corrected chi connectivity index (χ4v) is 3.94. The van der Waals surface area contributed by atoms with Gasteiger partial charge in [-0.15, -0.1) is 0 Å². The summed E-state index contributed by atoms with van der Waals surface area (Å²) >= 11 is 0. The summed E-state index contributed by atoms with van der Waals surface area (Å²) in [4.78, 5) is 23.5. The maximum absolute atomic E-state index is 14.1. The SMILES string of the molecule is COc1ccc(C(=O)Nc2cc(NC(C)=O)ccc2F)cc1S(=O)(=O)NC(C)C. The molecule has 2 rings (SSSR count). The number of rotatable bonds is 7. The van der Waals surface area contributed by atoms with Crippen molar-refractivity contribution in [3.05, 3.63) is 47.8 Å². The van der Waals surface area contributed by atoms with Crippen LogP contribution in [0.1, 0.15) is 31.1 Å². The van der Waals surface area contributed by atoms with Crippen molar-refractivity contribution in [3.63, 3.8) is 0 Å². The maximum atomic E-state index is 14.1. The number of halogens is 1. The summed E-state index contributed by atoms with van der Waals surface area (Å²) in [5.41, 5.74) is 0.120. The monoisotopic (exact) mass is 423 g/mol. The Labute approximate surface area is 168 Å². The van der Waals surface area contributed by atoms with Crippen molar-refractivity contribution in [3.8, 4) is 5.75 Å². The van der Waals surface area contributed by atoms with Crippen LogP contribution in [-0.4, -0.2) is 33.4 Å². The largest absolute Gasteiger partial charge is 0.495 e. The number of nitrogens with one attached hydrogen (secondary N) is 3. The third-order valence-corrected chi connectivity index (χ3v) is 5.32. The van der Waals surface area contributed by atoms with Crippen molar-refractivity contribution in [2.75, 3.05) is 17.7 Å². The average molecular weight is 423 g/mol. The van der Waals surface area contributed by atoms with Gasteiger partial charge in [0.05, 0.1) is 12.8 Å². The summed E-state index contributed by atoms with van der Waals surface area (Å²) in [6.45, 7) is 4.61. The van der Waals surface area contributed by atoms with Crippen molar-refractivity contribution in [1.29, 1.82) is 0 Å². The number of hydrogen-bond donors (Lipinski definition) is 3. The number of anilines is 2. The van der Waals surface area contributed by atoms with E-state index >= 15 is 0 Å². The van der Waals surface area contributed by atoms with Crippen molar-refractivity contribution in [1.82, 2.24) is 4.72 Å². The Morgan fingerprint density at radius 3 is 2.34 bits per heavy atom. The number of methoxy groups -OCH3 is 1. The van der Waals surface area contributed by atoms with Crippen molar-refractivity contribution in [2.24, 2.45) is 0 Å². The zero-order valence-corrected chi connectivity index (χ0v) is 17.2. The normalized spacial score (nSPS) is 11.2. The van der Waals surface area contributed by atoms with E-state index in [4.69, 9.17) is 4.74 Å². The summed E-state index contributed by atoms with van der Waals surface area (Å²) in [5.74, 6) is -1.73. The second-order valence-corrected chi connectivity index (χ2v) is 8.15. The van der Waals surface area contributed by atoms with Crippen molar-refractivity contribution >= 4 is 33.2 Å². The van der Waals surface area contributed by atoms with Gasteiger partial charge in [-0.25, -0.2) is 17.5 Å². The number of carbonyl (C=O) groups is 2. The molecule has 3 N–H and O–H groups in total. The van der Waals surface area contributed by atoms with Gasteiger partial charge in [0.15, 0.2) is 0 Å². The summed E-state index contributed by atoms with van der Waals surface area (Å²) in [6.07, 6.45) is 0. The quantitative estimate of drug-likeness (QED) is 0.634. The molecule has 156 valence electrons. The molecule has 0 fully saturated rings. The van der Waals surface area contributed by atoms with E-state index in [1.54, 1.807) is 13.8 Å². The first-order valence-corrected chi connectivity index (χ1v) is 10.1. The fraction of sp³-hybridized carbons (Fsp3) is 0.263. The highest BCUT2D eigenvalue weighted by molar-refractivity contribution is 7.89. The van der Waals surface area contributed by atoms with Crippen LogP contribution in [0.4, 0.5) is 15.8 Å². The van der Waals surface area contributed by atoms with E-state index in [9.17, 15) is 22.4 Å². The number of amides is 2. The molecule has 2 amide bonds. The Hall–Kier alpha value is -2.98. The number of ether oxygens (including phenoxy) is 1. The molecule has 0 bridgehead atoms. The Balaban J connectivity index is 2.37. The fourth-order valence-electron chi connectivity index (χ4n) is 2.50. The molecular formula is C19H22FN3O5S. The van der Waals surface area contributed by atoms with Gasteiger partial charge in [-0.2, -0.15) is 0 Å². The lowest BCUT2D eigenvalue weighted by molar-refractivity contribution is -0.114. The summed E-state index contributed by atoms with van der Waals surface area (Å²) in [7, 11) is -2.62. The minimum absolute atomic E-state index is 0.0146. The second kappa shape index (κ2) is 9.01. The molecule has 0 radical (unpaired) electrons. The molecule has 2 aromatic carbocycles. The van der Waals surface area contributed by atoms with Gasteiger partial charge >= 0.3 is 0 Å². The summed E-state index contributed by atoms with van der Waals surface area (Å²) in [6, 6.07) is 7.18. The molecule has 0 saturated heterocycles. The van der Waals surface area contributed by atoms with E-state index in [0.717, 1.165) is 12.1 Å². The van der Waals surface area contributed by atoms with Gasteiger partial charge < -0.3 is 15.4 Å². The van der Waals surface area contributed by atoms with Crippen LogP contribution in [0, 0.1) is 5.82 Å². The van der Waals surface area contributed by atoms with Crippen LogP contribution in [0.2, 0.25) is 0 Å². The van der Waals surface area contributed by atoms with Crippen LogP contribution in [-0.2, 0) is 14.8 Å². The van der Waals surface area contributed by atoms with E-state index in [-0.39, 0.29) is 33.8 Å². The van der Waals surface area contributed by atoms with E-state index < -0.39 is 21.7 Å². The van der Waals surface area contributed by atoms with E-state index in [2.05, 4.69) is 15.4 Å². The minimum Gasteiger partial charge on any atom is -0.495 e. The Morgan fingerprint density at radius 2 is 1.76 bits per heavy atom. The molecular weight excluding hydrogens is 401 g/mol. The Morgan fingerprint density at radius 1 is 1.07 bits per heavy atom. The molecule has 10 heteroatoms. The van der Waals surface area contributed by atoms with Gasteiger partial charge in [0.2, 0.25) is 15.9 Å². The predicted octanol–water partition coefficient (Wildman–Crippen LogP) is 2.73. The smallest absolute Gasteiger partial charge is 0.255 e. The lowest BCUT2D eigenvalue weighted by Gasteiger charge is -2.14. The van der Waals surface area contributed by atoms with Crippen LogP contribution < -0.4 is 20.1 Å². The van der Waals surface area contributed by atoms with Crippen molar-refractivity contribution in [2.45, 2.75) is 31.7 Å². The molecule has 0 aliphatic carbocycles. The van der Waals surface area contributed by atoms with E-state index in [1.807, 2.05) is 0 Å². The molecule has 0 spiro atoms. The van der Waals surface area contributed by atoms with Crippen LogP contribution in [0.5, 0.6) is 5.75 Å². The third kappa shape index (κ3) is 5.75. The van der Waals surface area contributed by atoms with Crippen LogP contribution in [0.3, 0.4) is 0 Å². The molecule has 0 saturated carbocycles. The molecule has 0 heterocycles. The number of sulfonamides is 1. The Kier molecular flexibility index (Phi) is 6.93. The van der Waals surface area contributed by atoms with Gasteiger partial charge in [-0.3, -0.25) is 9.59 Å². The van der Waals surface area contributed by atoms with Gasteiger partial charge in [-0.1, -0.05) is 0 Å². The zero-order chi connectivity index (χ0) is 21.8. The molecule has 0 unspecified atom stereocenters. The average Bonchev–Trinajstić information content (AvgIpc) is 2.62. The van der Waals surface area contributed by atoms with Gasteiger partial charge in [0.25, 0.3) is 5.91 Å². The molecule has 29 heavy (non-hydrogen) atoms. The van der Waals surface area contributed by atoms with Crippen LogP contribution in [0.25, 0.3) is 0 Å². The predicted molar refractivity (Wildman–Crippen MR) is 107 cm³/mol. The standard InChI is InChI=1S/C19H22FN3O5S/c1-11(2)23-29(26,27)18-9-13(5-8-17(18)28-4)19(25)22-16-10-14(21-12(3)24)6-7-15(16)20/h5-11,23H,1-4H3,(H,21,24)(H,22,25). The van der Waals surface area contributed by atoms with E-state index in [1.165, 1.54) is 38.3 Å². The molecule has 8 nitrogen and oxygen atoms in total. The van der Waals surface area contributed by atoms with Crippen LogP contribution in [0.15, 0.2) is 41.3 Å². The molecule has 0 aliphatic heterocycles. The highest BCUT2D eigenvalue weighted by Crippen LogP contribution is 2.26. The highest BCUT2D eigenvalue weighted by Gasteiger charge is 2.23. The van der Waals surface area contributed by atoms with Gasteiger partial charge in [-0.05, 0) is 50.2 Å². The highest BCUT2D eigenvalue weighted by atomic mass is 32.2. The zero-order valence-electron chi connectivity index (χ0n) is 16.4.